The predicted molar refractivity (Wildman–Crippen MR) is 107 cm³/mol. The maximum Gasteiger partial charge on any atom is 0.244 e. The lowest BCUT2D eigenvalue weighted by atomic mass is 9.87. The molecule has 2 aliphatic rings. The molecule has 4 rings (SSSR count). The van der Waals surface area contributed by atoms with Crippen LogP contribution in [0.1, 0.15) is 49.3 Å². The van der Waals surface area contributed by atoms with Crippen LogP contribution < -0.4 is 5.32 Å². The summed E-state index contributed by atoms with van der Waals surface area (Å²) in [6, 6.07) is 15.0. The van der Waals surface area contributed by atoms with Crippen molar-refractivity contribution in [1.29, 1.82) is 0 Å². The lowest BCUT2D eigenvalue weighted by Gasteiger charge is -2.34. The number of anilines is 1. The van der Waals surface area contributed by atoms with E-state index in [1.807, 2.05) is 42.5 Å². The van der Waals surface area contributed by atoms with Crippen molar-refractivity contribution in [3.05, 3.63) is 64.7 Å². The first kappa shape index (κ1) is 18.1. The second-order valence-electron chi connectivity index (χ2n) is 7.39. The lowest BCUT2D eigenvalue weighted by Crippen LogP contribution is -2.42. The van der Waals surface area contributed by atoms with Crippen LogP contribution in [0, 0.1) is 5.92 Å². The maximum absolute atomic E-state index is 13.4. The van der Waals surface area contributed by atoms with E-state index in [1.165, 1.54) is 6.42 Å². The van der Waals surface area contributed by atoms with Crippen LogP contribution in [-0.2, 0) is 9.59 Å². The SMILES string of the molecule is O=C1CN(C(=O)C2CCCCC2)C(c2ccccc2)c2cc(Cl)ccc2N1. The highest BCUT2D eigenvalue weighted by atomic mass is 35.5. The van der Waals surface area contributed by atoms with Gasteiger partial charge in [0.05, 0.1) is 6.04 Å². The molecule has 2 aromatic carbocycles. The first-order valence-electron chi connectivity index (χ1n) is 9.58. The molecule has 0 spiro atoms. The molecular formula is C22H23ClN2O2. The standard InChI is InChI=1S/C22H23ClN2O2/c23-17-11-12-19-18(13-17)21(15-7-3-1-4-8-15)25(14-20(26)24-19)22(27)16-9-5-2-6-10-16/h1,3-4,7-8,11-13,16,21H,2,5-6,9-10,14H2,(H,24,26). The van der Waals surface area contributed by atoms with Crippen LogP contribution in [0.15, 0.2) is 48.5 Å². The van der Waals surface area contributed by atoms with E-state index in [0.717, 1.165) is 42.5 Å². The van der Waals surface area contributed by atoms with Gasteiger partial charge >= 0.3 is 0 Å². The van der Waals surface area contributed by atoms with E-state index in [0.29, 0.717) is 5.02 Å². The van der Waals surface area contributed by atoms with Gasteiger partial charge in [-0.25, -0.2) is 0 Å². The van der Waals surface area contributed by atoms with Gasteiger partial charge in [0.1, 0.15) is 6.54 Å². The Hall–Kier alpha value is -2.33. The van der Waals surface area contributed by atoms with Crippen molar-refractivity contribution < 1.29 is 9.59 Å². The van der Waals surface area contributed by atoms with Crippen LogP contribution in [0.5, 0.6) is 0 Å². The monoisotopic (exact) mass is 382 g/mol. The van der Waals surface area contributed by atoms with E-state index < -0.39 is 0 Å². The van der Waals surface area contributed by atoms with E-state index in [2.05, 4.69) is 5.32 Å². The molecule has 1 aliphatic carbocycles. The smallest absolute Gasteiger partial charge is 0.244 e. The summed E-state index contributed by atoms with van der Waals surface area (Å²) < 4.78 is 0. The number of carbonyl (C=O) groups is 2. The fraction of sp³-hybridized carbons (Fsp3) is 0.364. The van der Waals surface area contributed by atoms with E-state index in [9.17, 15) is 9.59 Å². The zero-order valence-electron chi connectivity index (χ0n) is 15.2. The average molecular weight is 383 g/mol. The topological polar surface area (TPSA) is 49.4 Å². The highest BCUT2D eigenvalue weighted by Gasteiger charge is 2.36. The Morgan fingerprint density at radius 3 is 2.52 bits per heavy atom. The van der Waals surface area contributed by atoms with Gasteiger partial charge in [-0.05, 0) is 36.6 Å². The van der Waals surface area contributed by atoms with Crippen LogP contribution >= 0.6 is 11.6 Å². The molecule has 0 radical (unpaired) electrons. The molecule has 27 heavy (non-hydrogen) atoms. The van der Waals surface area contributed by atoms with Crippen molar-refractivity contribution in [2.45, 2.75) is 38.1 Å². The van der Waals surface area contributed by atoms with Crippen LogP contribution in [-0.4, -0.2) is 23.3 Å². The predicted octanol–water partition coefficient (Wildman–Crippen LogP) is 4.79. The van der Waals surface area contributed by atoms with Gasteiger partial charge < -0.3 is 10.2 Å². The van der Waals surface area contributed by atoms with E-state index in [1.54, 1.807) is 11.0 Å². The molecule has 1 saturated carbocycles. The van der Waals surface area contributed by atoms with Crippen LogP contribution in [0.4, 0.5) is 5.69 Å². The van der Waals surface area contributed by atoms with Crippen LogP contribution in [0.25, 0.3) is 0 Å². The van der Waals surface area contributed by atoms with Crippen LogP contribution in [0.3, 0.4) is 0 Å². The van der Waals surface area contributed by atoms with Gasteiger partial charge in [0.15, 0.2) is 0 Å². The molecule has 1 heterocycles. The molecule has 2 aromatic rings. The van der Waals surface area contributed by atoms with E-state index in [4.69, 9.17) is 11.6 Å². The third-order valence-corrected chi connectivity index (χ3v) is 5.80. The zero-order valence-corrected chi connectivity index (χ0v) is 15.9. The third kappa shape index (κ3) is 3.72. The van der Waals surface area contributed by atoms with Gasteiger partial charge in [0.2, 0.25) is 11.8 Å². The van der Waals surface area contributed by atoms with Crippen molar-refractivity contribution in [3.8, 4) is 0 Å². The Kier molecular flexibility index (Phi) is 5.17. The Morgan fingerprint density at radius 1 is 1.04 bits per heavy atom. The summed E-state index contributed by atoms with van der Waals surface area (Å²) in [5, 5.41) is 3.54. The molecule has 140 valence electrons. The second-order valence-corrected chi connectivity index (χ2v) is 7.83. The number of nitrogens with one attached hydrogen (secondary N) is 1. The Labute approximate surface area is 164 Å². The van der Waals surface area contributed by atoms with Crippen molar-refractivity contribution in [1.82, 2.24) is 4.90 Å². The zero-order chi connectivity index (χ0) is 18.8. The number of carbonyl (C=O) groups excluding carboxylic acids is 2. The molecule has 1 fully saturated rings. The van der Waals surface area contributed by atoms with Gasteiger partial charge in [-0.15, -0.1) is 0 Å². The molecule has 5 heteroatoms. The normalized spacial score (nSPS) is 20.6. The van der Waals surface area contributed by atoms with Gasteiger partial charge in [-0.3, -0.25) is 9.59 Å². The number of halogens is 1. The highest BCUT2D eigenvalue weighted by Crippen LogP contribution is 2.39. The van der Waals surface area contributed by atoms with Gasteiger partial charge in [0, 0.05) is 22.2 Å². The molecule has 1 unspecified atom stereocenters. The first-order valence-corrected chi connectivity index (χ1v) is 9.96. The molecule has 4 nitrogen and oxygen atoms in total. The largest absolute Gasteiger partial charge is 0.324 e. The highest BCUT2D eigenvalue weighted by molar-refractivity contribution is 6.30. The summed E-state index contributed by atoms with van der Waals surface area (Å²) >= 11 is 6.28. The number of hydrogen-bond acceptors (Lipinski definition) is 2. The molecule has 2 amide bonds. The summed E-state index contributed by atoms with van der Waals surface area (Å²) in [6.45, 7) is 0.0567. The van der Waals surface area contributed by atoms with Gasteiger partial charge in [0.25, 0.3) is 0 Å². The Balaban J connectivity index is 1.81. The van der Waals surface area contributed by atoms with E-state index >= 15 is 0 Å². The quantitative estimate of drug-likeness (QED) is 0.811. The minimum Gasteiger partial charge on any atom is -0.324 e. The summed E-state index contributed by atoms with van der Waals surface area (Å²) in [5.74, 6) is -0.0915. The molecule has 1 N–H and O–H groups in total. The van der Waals surface area contributed by atoms with Gasteiger partial charge in [-0.2, -0.15) is 0 Å². The fourth-order valence-electron chi connectivity index (χ4n) is 4.26. The summed E-state index contributed by atoms with van der Waals surface area (Å²) in [7, 11) is 0. The molecule has 0 aromatic heterocycles. The molecule has 0 saturated heterocycles. The van der Waals surface area contributed by atoms with Gasteiger partial charge in [-0.1, -0.05) is 61.2 Å². The van der Waals surface area contributed by atoms with Crippen molar-refractivity contribution in [2.24, 2.45) is 5.92 Å². The number of rotatable bonds is 2. The Bertz CT molecular complexity index is 847. The lowest BCUT2D eigenvalue weighted by molar-refractivity contribution is -0.140. The summed E-state index contributed by atoms with van der Waals surface area (Å²) in [4.78, 5) is 27.8. The summed E-state index contributed by atoms with van der Waals surface area (Å²) in [5.41, 5.74) is 2.57. The number of hydrogen-bond donors (Lipinski definition) is 1. The van der Waals surface area contributed by atoms with Crippen LogP contribution in [0.2, 0.25) is 5.02 Å². The van der Waals surface area contributed by atoms with Crippen molar-refractivity contribution in [2.75, 3.05) is 11.9 Å². The third-order valence-electron chi connectivity index (χ3n) is 5.56. The maximum atomic E-state index is 13.4. The van der Waals surface area contributed by atoms with E-state index in [-0.39, 0.29) is 30.3 Å². The fourth-order valence-corrected chi connectivity index (χ4v) is 4.44. The first-order chi connectivity index (χ1) is 13.1. The minimum atomic E-state index is -0.326. The number of benzene rings is 2. The minimum absolute atomic E-state index is 0.00139. The Morgan fingerprint density at radius 2 is 1.78 bits per heavy atom. The van der Waals surface area contributed by atoms with Crippen molar-refractivity contribution in [3.63, 3.8) is 0 Å². The van der Waals surface area contributed by atoms with Crippen molar-refractivity contribution >= 4 is 29.1 Å². The molecule has 1 atom stereocenters. The molecule has 0 bridgehead atoms. The number of fused-ring (bicyclic) bond motifs is 1. The second kappa shape index (κ2) is 7.73. The average Bonchev–Trinajstić information content (AvgIpc) is 2.84. The molecule has 1 aliphatic heterocycles. The number of amides is 2. The molecular weight excluding hydrogens is 360 g/mol. The summed E-state index contributed by atoms with van der Waals surface area (Å²) in [6.07, 6.45) is 5.15. The number of nitrogens with zero attached hydrogens (tertiary/aromatic N) is 1.